The van der Waals surface area contributed by atoms with Crippen LogP contribution in [0.2, 0.25) is 0 Å². The summed E-state index contributed by atoms with van der Waals surface area (Å²) in [5, 5.41) is 0. The van der Waals surface area contributed by atoms with Crippen molar-refractivity contribution >= 4 is 27.7 Å². The third-order valence-electron chi connectivity index (χ3n) is 5.51. The molecule has 0 unspecified atom stereocenters. The van der Waals surface area contributed by atoms with Crippen molar-refractivity contribution in [1.82, 2.24) is 14.9 Å². The van der Waals surface area contributed by atoms with Crippen molar-refractivity contribution in [2.45, 2.75) is 20.3 Å². The van der Waals surface area contributed by atoms with Gasteiger partial charge < -0.3 is 9.80 Å². The molecule has 0 saturated carbocycles. The highest BCUT2D eigenvalue weighted by molar-refractivity contribution is 9.10. The minimum absolute atomic E-state index is 0.0379. The maximum absolute atomic E-state index is 13.7. The van der Waals surface area contributed by atoms with Crippen molar-refractivity contribution in [3.8, 4) is 0 Å². The van der Waals surface area contributed by atoms with Crippen LogP contribution in [-0.4, -0.2) is 47.0 Å². The molecule has 2 heterocycles. The molecule has 1 aromatic heterocycles. The summed E-state index contributed by atoms with van der Waals surface area (Å²) in [7, 11) is 0. The maximum Gasteiger partial charge on any atom is 0.254 e. The molecular weight excluding hydrogens is 459 g/mol. The summed E-state index contributed by atoms with van der Waals surface area (Å²) >= 11 is 3.43. The summed E-state index contributed by atoms with van der Waals surface area (Å²) in [6, 6.07) is 14.1. The molecule has 2 aromatic carbocycles. The van der Waals surface area contributed by atoms with Gasteiger partial charge in [0, 0.05) is 53.9 Å². The first-order chi connectivity index (χ1) is 14.9. The first-order valence-corrected chi connectivity index (χ1v) is 11.1. The van der Waals surface area contributed by atoms with Gasteiger partial charge in [-0.15, -0.1) is 0 Å². The number of rotatable bonds is 4. The second kappa shape index (κ2) is 9.14. The maximum atomic E-state index is 13.7. The van der Waals surface area contributed by atoms with Crippen molar-refractivity contribution < 1.29 is 9.18 Å². The third kappa shape index (κ3) is 4.93. The van der Waals surface area contributed by atoms with E-state index in [-0.39, 0.29) is 11.7 Å². The van der Waals surface area contributed by atoms with E-state index in [2.05, 4.69) is 25.8 Å². The lowest BCUT2D eigenvalue weighted by Gasteiger charge is -2.36. The van der Waals surface area contributed by atoms with Gasteiger partial charge in [0.05, 0.1) is 0 Å². The summed E-state index contributed by atoms with van der Waals surface area (Å²) in [4.78, 5) is 26.2. The average Bonchev–Trinajstić information content (AvgIpc) is 2.75. The van der Waals surface area contributed by atoms with Gasteiger partial charge in [0.15, 0.2) is 0 Å². The molecule has 1 aliphatic heterocycles. The quantitative estimate of drug-likeness (QED) is 0.547. The molecule has 160 valence electrons. The molecule has 4 rings (SSSR count). The number of aromatic nitrogens is 2. The van der Waals surface area contributed by atoms with Gasteiger partial charge in [0.1, 0.15) is 17.5 Å². The second-order valence-corrected chi connectivity index (χ2v) is 8.67. The summed E-state index contributed by atoms with van der Waals surface area (Å²) in [6.07, 6.45) is 0.566. The van der Waals surface area contributed by atoms with E-state index < -0.39 is 0 Å². The SMILES string of the molecule is Cc1nc(C)c(Cc2cccc(F)c2)c(N2CCN(C(=O)c3cccc(Br)c3)CC2)n1. The molecule has 1 amide bonds. The van der Waals surface area contributed by atoms with Crippen LogP contribution in [0.5, 0.6) is 0 Å². The number of piperazine rings is 1. The zero-order chi connectivity index (χ0) is 22.0. The van der Waals surface area contributed by atoms with Crippen molar-refractivity contribution in [1.29, 1.82) is 0 Å². The van der Waals surface area contributed by atoms with Crippen LogP contribution in [0.15, 0.2) is 53.0 Å². The van der Waals surface area contributed by atoms with Crippen LogP contribution in [0.25, 0.3) is 0 Å². The fourth-order valence-corrected chi connectivity index (χ4v) is 4.36. The molecule has 0 N–H and O–H groups in total. The number of benzene rings is 2. The minimum Gasteiger partial charge on any atom is -0.353 e. The molecule has 0 radical (unpaired) electrons. The van der Waals surface area contributed by atoms with E-state index in [0.29, 0.717) is 44.0 Å². The number of amides is 1. The van der Waals surface area contributed by atoms with Crippen LogP contribution in [-0.2, 0) is 6.42 Å². The van der Waals surface area contributed by atoms with Gasteiger partial charge in [0.25, 0.3) is 5.91 Å². The number of hydrogen-bond acceptors (Lipinski definition) is 4. The van der Waals surface area contributed by atoms with Crippen molar-refractivity contribution in [2.24, 2.45) is 0 Å². The molecule has 0 spiro atoms. The summed E-state index contributed by atoms with van der Waals surface area (Å²) in [5.41, 5.74) is 3.48. The number of hydrogen-bond donors (Lipinski definition) is 0. The van der Waals surface area contributed by atoms with Crippen LogP contribution < -0.4 is 4.90 Å². The van der Waals surface area contributed by atoms with Crippen LogP contribution in [0, 0.1) is 19.7 Å². The Kier molecular flexibility index (Phi) is 6.32. The summed E-state index contributed by atoms with van der Waals surface area (Å²) < 4.78 is 14.6. The second-order valence-electron chi connectivity index (χ2n) is 7.75. The van der Waals surface area contributed by atoms with E-state index in [1.807, 2.05) is 49.1 Å². The molecule has 3 aromatic rings. The number of carbonyl (C=O) groups is 1. The molecule has 0 bridgehead atoms. The third-order valence-corrected chi connectivity index (χ3v) is 6.01. The van der Waals surface area contributed by atoms with Gasteiger partial charge in [-0.2, -0.15) is 0 Å². The van der Waals surface area contributed by atoms with Gasteiger partial charge in [-0.25, -0.2) is 14.4 Å². The molecule has 31 heavy (non-hydrogen) atoms. The van der Waals surface area contributed by atoms with Gasteiger partial charge >= 0.3 is 0 Å². The molecule has 7 heteroatoms. The number of anilines is 1. The highest BCUT2D eigenvalue weighted by Crippen LogP contribution is 2.26. The van der Waals surface area contributed by atoms with Crippen molar-refractivity contribution in [3.63, 3.8) is 0 Å². The molecular formula is C24H24BrFN4O. The van der Waals surface area contributed by atoms with Crippen molar-refractivity contribution in [3.05, 3.63) is 87.0 Å². The first-order valence-electron chi connectivity index (χ1n) is 10.3. The Hall–Kier alpha value is -2.80. The van der Waals surface area contributed by atoms with Crippen LogP contribution >= 0.6 is 15.9 Å². The summed E-state index contributed by atoms with van der Waals surface area (Å²) in [6.45, 7) is 6.46. The van der Waals surface area contributed by atoms with Gasteiger partial charge in [-0.1, -0.05) is 34.1 Å². The Bertz CT molecular complexity index is 1110. The fourth-order valence-electron chi connectivity index (χ4n) is 3.96. The zero-order valence-corrected chi connectivity index (χ0v) is 19.2. The van der Waals surface area contributed by atoms with E-state index in [0.717, 1.165) is 27.1 Å². The highest BCUT2D eigenvalue weighted by Gasteiger charge is 2.25. The number of aryl methyl sites for hydroxylation is 2. The van der Waals surface area contributed by atoms with Crippen LogP contribution in [0.3, 0.4) is 0 Å². The Balaban J connectivity index is 1.53. The monoisotopic (exact) mass is 482 g/mol. The predicted octanol–water partition coefficient (Wildman–Crippen LogP) is 4.55. The van der Waals surface area contributed by atoms with Gasteiger partial charge in [-0.05, 0) is 49.7 Å². The smallest absolute Gasteiger partial charge is 0.254 e. The largest absolute Gasteiger partial charge is 0.353 e. The van der Waals surface area contributed by atoms with E-state index in [1.165, 1.54) is 6.07 Å². The molecule has 0 aliphatic carbocycles. The first kappa shape index (κ1) is 21.4. The normalized spacial score (nSPS) is 14.1. The molecule has 0 atom stereocenters. The molecule has 5 nitrogen and oxygen atoms in total. The fraction of sp³-hybridized carbons (Fsp3) is 0.292. The zero-order valence-electron chi connectivity index (χ0n) is 17.6. The Labute approximate surface area is 190 Å². The van der Waals surface area contributed by atoms with Crippen LogP contribution in [0.1, 0.15) is 33.0 Å². The van der Waals surface area contributed by atoms with E-state index >= 15 is 0 Å². The Morgan fingerprint density at radius 1 is 1.03 bits per heavy atom. The Morgan fingerprint density at radius 3 is 2.48 bits per heavy atom. The molecule has 1 saturated heterocycles. The lowest BCUT2D eigenvalue weighted by Crippen LogP contribution is -2.49. The number of halogens is 2. The molecule has 1 fully saturated rings. The summed E-state index contributed by atoms with van der Waals surface area (Å²) in [5.74, 6) is 1.38. The number of nitrogens with zero attached hydrogens (tertiary/aromatic N) is 4. The van der Waals surface area contributed by atoms with Gasteiger partial charge in [-0.3, -0.25) is 4.79 Å². The predicted molar refractivity (Wildman–Crippen MR) is 123 cm³/mol. The number of carbonyl (C=O) groups excluding carboxylic acids is 1. The van der Waals surface area contributed by atoms with Crippen LogP contribution in [0.4, 0.5) is 10.2 Å². The topological polar surface area (TPSA) is 49.3 Å². The van der Waals surface area contributed by atoms with E-state index in [1.54, 1.807) is 12.1 Å². The van der Waals surface area contributed by atoms with E-state index in [4.69, 9.17) is 4.98 Å². The lowest BCUT2D eigenvalue weighted by atomic mass is 10.0. The van der Waals surface area contributed by atoms with Crippen molar-refractivity contribution in [2.75, 3.05) is 31.1 Å². The highest BCUT2D eigenvalue weighted by atomic mass is 79.9. The standard InChI is InChI=1S/C24H24BrFN4O/c1-16-22(14-18-5-3-8-21(26)13-18)23(28-17(2)27-16)29-9-11-30(12-10-29)24(31)19-6-4-7-20(25)15-19/h3-8,13,15H,9-12,14H2,1-2H3. The lowest BCUT2D eigenvalue weighted by molar-refractivity contribution is 0.0746. The molecule has 1 aliphatic rings. The Morgan fingerprint density at radius 2 is 1.77 bits per heavy atom. The average molecular weight is 483 g/mol. The van der Waals surface area contributed by atoms with E-state index in [9.17, 15) is 9.18 Å². The minimum atomic E-state index is -0.246. The van der Waals surface area contributed by atoms with Gasteiger partial charge in [0.2, 0.25) is 0 Å².